The van der Waals surface area contributed by atoms with Crippen LogP contribution in [0.2, 0.25) is 0 Å². The number of primary amides is 1. The highest BCUT2D eigenvalue weighted by atomic mass is 16.2. The Hall–Kier alpha value is -2.63. The van der Waals surface area contributed by atoms with Crippen molar-refractivity contribution in [1.29, 1.82) is 0 Å². The zero-order valence-electron chi connectivity index (χ0n) is 11.3. The van der Waals surface area contributed by atoms with Gasteiger partial charge in [0.05, 0.1) is 0 Å². The summed E-state index contributed by atoms with van der Waals surface area (Å²) in [5.41, 5.74) is 6.59. The molecule has 0 heterocycles. The third kappa shape index (κ3) is 4.24. The lowest BCUT2D eigenvalue weighted by Gasteiger charge is -2.31. The summed E-state index contributed by atoms with van der Waals surface area (Å²) < 4.78 is 0. The Bertz CT molecular complexity index is 524. The van der Waals surface area contributed by atoms with Crippen molar-refractivity contribution in [3.8, 4) is 0 Å². The SMILES string of the molecule is CC(C)([C]=O)N(NC(N)=O)C(=O)C=Cc1ccccc1. The van der Waals surface area contributed by atoms with Gasteiger partial charge in [0.1, 0.15) is 5.54 Å². The van der Waals surface area contributed by atoms with E-state index in [4.69, 9.17) is 5.73 Å². The Morgan fingerprint density at radius 3 is 2.40 bits per heavy atom. The highest BCUT2D eigenvalue weighted by Crippen LogP contribution is 2.10. The van der Waals surface area contributed by atoms with Gasteiger partial charge in [0, 0.05) is 6.08 Å². The van der Waals surface area contributed by atoms with Gasteiger partial charge in [-0.15, -0.1) is 0 Å². The summed E-state index contributed by atoms with van der Waals surface area (Å²) in [5, 5.41) is 0.835. The van der Waals surface area contributed by atoms with E-state index in [-0.39, 0.29) is 0 Å². The van der Waals surface area contributed by atoms with E-state index >= 15 is 0 Å². The Morgan fingerprint density at radius 2 is 1.90 bits per heavy atom. The van der Waals surface area contributed by atoms with Crippen molar-refractivity contribution in [2.45, 2.75) is 19.4 Å². The zero-order chi connectivity index (χ0) is 15.2. The number of nitrogens with one attached hydrogen (secondary N) is 1. The van der Waals surface area contributed by atoms with E-state index in [1.165, 1.54) is 19.9 Å². The maximum absolute atomic E-state index is 12.0. The molecule has 1 radical (unpaired) electrons. The van der Waals surface area contributed by atoms with E-state index in [1.807, 2.05) is 30.3 Å². The van der Waals surface area contributed by atoms with Gasteiger partial charge in [0.25, 0.3) is 5.91 Å². The third-order valence-corrected chi connectivity index (χ3v) is 2.47. The van der Waals surface area contributed by atoms with E-state index < -0.39 is 17.5 Å². The first kappa shape index (κ1) is 15.4. The first-order valence-corrected chi connectivity index (χ1v) is 5.89. The molecule has 0 aliphatic heterocycles. The molecule has 0 fully saturated rings. The van der Waals surface area contributed by atoms with Gasteiger partial charge in [-0.1, -0.05) is 30.3 Å². The molecule has 0 saturated carbocycles. The Labute approximate surface area is 117 Å². The maximum Gasteiger partial charge on any atom is 0.331 e. The molecule has 0 aromatic heterocycles. The number of nitrogens with zero attached hydrogens (tertiary/aromatic N) is 1. The predicted molar refractivity (Wildman–Crippen MR) is 74.8 cm³/mol. The van der Waals surface area contributed by atoms with Gasteiger partial charge < -0.3 is 5.73 Å². The van der Waals surface area contributed by atoms with Crippen molar-refractivity contribution in [2.75, 3.05) is 0 Å². The number of hydrazine groups is 1. The largest absolute Gasteiger partial charge is 0.350 e. The molecule has 1 aromatic carbocycles. The predicted octanol–water partition coefficient (Wildman–Crippen LogP) is 1.000. The molecule has 3 N–H and O–H groups in total. The molecule has 6 heteroatoms. The molecule has 105 valence electrons. The Kier molecular flexibility index (Phi) is 5.02. The minimum atomic E-state index is -1.33. The molecule has 0 aliphatic rings. The van der Waals surface area contributed by atoms with Gasteiger partial charge in [-0.3, -0.25) is 9.59 Å². The first-order chi connectivity index (χ1) is 9.36. The number of urea groups is 1. The highest BCUT2D eigenvalue weighted by molar-refractivity contribution is 5.95. The fourth-order valence-electron chi connectivity index (χ4n) is 1.43. The summed E-state index contributed by atoms with van der Waals surface area (Å²) in [7, 11) is 0. The molecule has 0 bridgehead atoms. The maximum atomic E-state index is 12.0. The number of amides is 3. The summed E-state index contributed by atoms with van der Waals surface area (Å²) in [5.74, 6) is -0.582. The number of hydrogen-bond donors (Lipinski definition) is 2. The standard InChI is InChI=1S/C14H16N3O3/c1-14(2,10-18)17(16-13(15)20)12(19)9-8-11-6-4-3-5-7-11/h3-9H,1-2H3,(H3,15,16,20). The first-order valence-electron chi connectivity index (χ1n) is 5.89. The molecule has 1 rings (SSSR count). The fraction of sp³-hybridized carbons (Fsp3) is 0.214. The number of carbonyl (C=O) groups excluding carboxylic acids is 3. The fourth-order valence-corrected chi connectivity index (χ4v) is 1.43. The molecule has 0 atom stereocenters. The molecule has 20 heavy (non-hydrogen) atoms. The monoisotopic (exact) mass is 274 g/mol. The second kappa shape index (κ2) is 6.51. The van der Waals surface area contributed by atoms with Crippen LogP contribution in [0.1, 0.15) is 19.4 Å². The average molecular weight is 274 g/mol. The summed E-state index contributed by atoms with van der Waals surface area (Å²) in [6.45, 7) is 2.87. The van der Waals surface area contributed by atoms with E-state index in [9.17, 15) is 14.4 Å². The van der Waals surface area contributed by atoms with Crippen LogP contribution in [0.3, 0.4) is 0 Å². The topological polar surface area (TPSA) is 92.5 Å². The Balaban J connectivity index is 2.91. The van der Waals surface area contributed by atoms with E-state index in [0.717, 1.165) is 10.6 Å². The quantitative estimate of drug-likeness (QED) is 0.633. The molecule has 6 nitrogen and oxygen atoms in total. The van der Waals surface area contributed by atoms with Gasteiger partial charge in [-0.25, -0.2) is 15.2 Å². The van der Waals surface area contributed by atoms with Crippen molar-refractivity contribution in [3.05, 3.63) is 42.0 Å². The number of hydrogen-bond acceptors (Lipinski definition) is 3. The van der Waals surface area contributed by atoms with Crippen LogP contribution in [0, 0.1) is 0 Å². The molecule has 0 unspecified atom stereocenters. The molecular formula is C14H16N3O3. The molecular weight excluding hydrogens is 258 g/mol. The summed E-state index contributed by atoms with van der Waals surface area (Å²) in [4.78, 5) is 33.9. The zero-order valence-corrected chi connectivity index (χ0v) is 11.3. The smallest absolute Gasteiger partial charge is 0.331 e. The second-order valence-electron chi connectivity index (χ2n) is 4.55. The Morgan fingerprint density at radius 1 is 1.30 bits per heavy atom. The van der Waals surface area contributed by atoms with Crippen molar-refractivity contribution in [2.24, 2.45) is 5.73 Å². The summed E-state index contributed by atoms with van der Waals surface area (Å²) in [6.07, 6.45) is 4.49. The van der Waals surface area contributed by atoms with Gasteiger partial charge in [0.2, 0.25) is 6.29 Å². The molecule has 0 saturated heterocycles. The van der Waals surface area contributed by atoms with Crippen LogP contribution in [-0.4, -0.2) is 28.8 Å². The van der Waals surface area contributed by atoms with Crippen LogP contribution in [0.25, 0.3) is 6.08 Å². The van der Waals surface area contributed by atoms with Crippen molar-refractivity contribution >= 4 is 24.3 Å². The molecule has 0 spiro atoms. The van der Waals surface area contributed by atoms with Gasteiger partial charge in [-0.05, 0) is 25.5 Å². The number of benzene rings is 1. The second-order valence-corrected chi connectivity index (χ2v) is 4.55. The number of nitrogens with two attached hydrogens (primary N) is 1. The van der Waals surface area contributed by atoms with Crippen LogP contribution in [-0.2, 0) is 9.59 Å². The lowest BCUT2D eigenvalue weighted by molar-refractivity contribution is -0.131. The van der Waals surface area contributed by atoms with Crippen molar-refractivity contribution in [1.82, 2.24) is 10.4 Å². The lowest BCUT2D eigenvalue weighted by Crippen LogP contribution is -2.58. The van der Waals surface area contributed by atoms with Crippen LogP contribution in [0.15, 0.2) is 36.4 Å². The van der Waals surface area contributed by atoms with Gasteiger partial charge >= 0.3 is 6.03 Å². The van der Waals surface area contributed by atoms with Crippen molar-refractivity contribution in [3.63, 3.8) is 0 Å². The van der Waals surface area contributed by atoms with Crippen LogP contribution in [0.4, 0.5) is 4.79 Å². The van der Waals surface area contributed by atoms with E-state index in [0.29, 0.717) is 0 Å². The summed E-state index contributed by atoms with van der Waals surface area (Å²) in [6, 6.07) is 8.19. The lowest BCUT2D eigenvalue weighted by atomic mass is 10.1. The van der Waals surface area contributed by atoms with Gasteiger partial charge in [0.15, 0.2) is 0 Å². The van der Waals surface area contributed by atoms with Crippen LogP contribution >= 0.6 is 0 Å². The van der Waals surface area contributed by atoms with E-state index in [1.54, 1.807) is 12.4 Å². The third-order valence-electron chi connectivity index (χ3n) is 2.47. The van der Waals surface area contributed by atoms with Crippen molar-refractivity contribution < 1.29 is 14.4 Å². The minimum absolute atomic E-state index is 0.582. The number of carbonyl (C=O) groups is 2. The molecule has 0 aliphatic carbocycles. The normalized spacial score (nSPS) is 11.1. The van der Waals surface area contributed by atoms with Crippen LogP contribution in [0.5, 0.6) is 0 Å². The van der Waals surface area contributed by atoms with Crippen LogP contribution < -0.4 is 11.2 Å². The molecule has 3 amide bonds. The van der Waals surface area contributed by atoms with E-state index in [2.05, 4.69) is 5.43 Å². The number of rotatable bonds is 4. The minimum Gasteiger partial charge on any atom is -0.350 e. The summed E-state index contributed by atoms with van der Waals surface area (Å²) >= 11 is 0. The molecule has 1 aromatic rings. The average Bonchev–Trinajstić information content (AvgIpc) is 2.43. The van der Waals surface area contributed by atoms with Gasteiger partial charge in [-0.2, -0.15) is 0 Å². The highest BCUT2D eigenvalue weighted by Gasteiger charge is 2.31.